The molecule has 14 heteroatoms. The van der Waals surface area contributed by atoms with E-state index in [1.54, 1.807) is 34.7 Å². The summed E-state index contributed by atoms with van der Waals surface area (Å²) >= 11 is 0. The number of H-pyrrole nitrogens is 1. The van der Waals surface area contributed by atoms with Gasteiger partial charge in [0.05, 0.1) is 49.5 Å². The number of benzene rings is 1. The highest BCUT2D eigenvalue weighted by Gasteiger charge is 2.41. The average Bonchev–Trinajstić information content (AvgIpc) is 3.54. The SMILES string of the molecule is C=C/C(C#N)=C\C=C(/CCn1cc[n+](C)c1CO)[C@@H]1C(C(=O)OC)=C(C)N(c2cccc(C(F)(F)F)c2)c2n[nH]c(=O)n21. The van der Waals surface area contributed by atoms with E-state index in [1.807, 2.05) is 6.07 Å². The highest BCUT2D eigenvalue weighted by Crippen LogP contribution is 2.43. The van der Waals surface area contributed by atoms with Crippen molar-refractivity contribution in [2.75, 3.05) is 12.0 Å². The number of carbonyl (C=O) groups excluding carboxylic acids is 1. The number of nitriles is 1. The number of hydrogen-bond acceptors (Lipinski definition) is 7. The van der Waals surface area contributed by atoms with Crippen molar-refractivity contribution in [1.82, 2.24) is 19.3 Å². The first-order valence-electron chi connectivity index (χ1n) is 13.0. The van der Waals surface area contributed by atoms with Gasteiger partial charge in [0, 0.05) is 17.8 Å². The van der Waals surface area contributed by atoms with Crippen LogP contribution in [-0.4, -0.2) is 37.5 Å². The number of fused-ring (bicyclic) bond motifs is 1. The van der Waals surface area contributed by atoms with Gasteiger partial charge in [0.25, 0.3) is 5.82 Å². The zero-order valence-corrected chi connectivity index (χ0v) is 23.6. The van der Waals surface area contributed by atoms with Crippen LogP contribution < -0.4 is 15.2 Å². The minimum Gasteiger partial charge on any atom is -0.466 e. The molecule has 0 saturated heterocycles. The minimum absolute atomic E-state index is 0.0173. The largest absolute Gasteiger partial charge is 0.466 e. The van der Waals surface area contributed by atoms with Crippen molar-refractivity contribution in [1.29, 1.82) is 5.26 Å². The average molecular weight is 597 g/mol. The third kappa shape index (κ3) is 5.93. The Morgan fingerprint density at radius 2 is 2.09 bits per heavy atom. The van der Waals surface area contributed by atoms with E-state index in [2.05, 4.69) is 16.8 Å². The van der Waals surface area contributed by atoms with Gasteiger partial charge in [-0.15, -0.1) is 5.10 Å². The molecule has 4 rings (SSSR count). The number of methoxy groups -OCH3 is 1. The molecule has 43 heavy (non-hydrogen) atoms. The lowest BCUT2D eigenvalue weighted by Gasteiger charge is -2.36. The maximum absolute atomic E-state index is 13.6. The fraction of sp³-hybridized carbons (Fsp3) is 0.276. The summed E-state index contributed by atoms with van der Waals surface area (Å²) in [5.41, 5.74) is -0.788. The Kier molecular flexibility index (Phi) is 8.86. The molecule has 0 spiro atoms. The van der Waals surface area contributed by atoms with Crippen molar-refractivity contribution in [2.24, 2.45) is 7.05 Å². The van der Waals surface area contributed by atoms with Crippen LogP contribution in [0.15, 0.2) is 88.7 Å². The second-order valence-electron chi connectivity index (χ2n) is 9.58. The fourth-order valence-corrected chi connectivity index (χ4v) is 5.00. The third-order valence-corrected chi connectivity index (χ3v) is 7.15. The Morgan fingerprint density at radius 3 is 2.72 bits per heavy atom. The number of aryl methyl sites for hydroxylation is 2. The number of aliphatic hydroxyl groups is 1. The first kappa shape index (κ1) is 30.8. The lowest BCUT2D eigenvalue weighted by atomic mass is 9.91. The summed E-state index contributed by atoms with van der Waals surface area (Å²) in [5.74, 6) is -0.276. The number of alkyl halides is 3. The highest BCUT2D eigenvalue weighted by atomic mass is 19.4. The molecule has 1 aliphatic rings. The van der Waals surface area contributed by atoms with Crippen molar-refractivity contribution < 1.29 is 32.4 Å². The molecule has 11 nitrogen and oxygen atoms in total. The van der Waals surface area contributed by atoms with Crippen LogP contribution in [0.1, 0.15) is 30.8 Å². The van der Waals surface area contributed by atoms with Crippen LogP contribution in [0.4, 0.5) is 24.8 Å². The third-order valence-electron chi connectivity index (χ3n) is 7.15. The second kappa shape index (κ2) is 12.4. The molecule has 3 aromatic rings. The molecule has 2 aromatic heterocycles. The number of hydrogen-bond donors (Lipinski definition) is 2. The summed E-state index contributed by atoms with van der Waals surface area (Å²) in [4.78, 5) is 27.9. The lowest BCUT2D eigenvalue weighted by Crippen LogP contribution is -2.38. The van der Waals surface area contributed by atoms with Crippen molar-refractivity contribution >= 4 is 17.6 Å². The quantitative estimate of drug-likeness (QED) is 0.167. The molecule has 0 fully saturated rings. The number of anilines is 2. The number of ether oxygens (including phenoxy) is 1. The highest BCUT2D eigenvalue weighted by molar-refractivity contribution is 5.93. The number of aromatic amines is 1. The minimum atomic E-state index is -4.64. The number of allylic oxidation sites excluding steroid dienone is 6. The normalized spacial score (nSPS) is 15.8. The van der Waals surface area contributed by atoms with Gasteiger partial charge in [-0.2, -0.15) is 18.4 Å². The van der Waals surface area contributed by atoms with Crippen LogP contribution in [-0.2, 0) is 35.9 Å². The molecule has 2 N–H and O–H groups in total. The molecule has 3 heterocycles. The monoisotopic (exact) mass is 596 g/mol. The fourth-order valence-electron chi connectivity index (χ4n) is 5.00. The van der Waals surface area contributed by atoms with E-state index in [0.29, 0.717) is 17.9 Å². The predicted molar refractivity (Wildman–Crippen MR) is 148 cm³/mol. The van der Waals surface area contributed by atoms with Gasteiger partial charge in [0.15, 0.2) is 0 Å². The van der Waals surface area contributed by atoms with Crippen molar-refractivity contribution in [2.45, 2.75) is 38.7 Å². The molecular weight excluding hydrogens is 567 g/mol. The molecule has 0 amide bonds. The van der Waals surface area contributed by atoms with Gasteiger partial charge in [-0.25, -0.2) is 28.4 Å². The van der Waals surface area contributed by atoms with Gasteiger partial charge < -0.3 is 9.84 Å². The molecule has 1 atom stereocenters. The number of carbonyl (C=O) groups is 1. The Morgan fingerprint density at radius 1 is 1.35 bits per heavy atom. The number of nitrogens with one attached hydrogen (secondary N) is 1. The maximum Gasteiger partial charge on any atom is 0.416 e. The molecule has 224 valence electrons. The summed E-state index contributed by atoms with van der Waals surface area (Å²) in [6, 6.07) is 5.32. The van der Waals surface area contributed by atoms with E-state index in [9.17, 15) is 33.1 Å². The number of aromatic nitrogens is 5. The van der Waals surface area contributed by atoms with Gasteiger partial charge in [0.2, 0.25) is 5.95 Å². The van der Waals surface area contributed by atoms with Crippen molar-refractivity contribution in [3.8, 4) is 6.07 Å². The van der Waals surface area contributed by atoms with Gasteiger partial charge in [-0.3, -0.25) is 4.90 Å². The van der Waals surface area contributed by atoms with Crippen LogP contribution in [0.2, 0.25) is 0 Å². The van der Waals surface area contributed by atoms with E-state index in [4.69, 9.17) is 4.74 Å². The molecule has 1 aliphatic heterocycles. The zero-order valence-electron chi connectivity index (χ0n) is 23.6. The number of nitrogens with zero attached hydrogens (tertiary/aromatic N) is 6. The zero-order chi connectivity index (χ0) is 31.5. The summed E-state index contributed by atoms with van der Waals surface area (Å²) in [6.45, 7) is 5.20. The Balaban J connectivity index is 1.96. The smallest absolute Gasteiger partial charge is 0.416 e. The lowest BCUT2D eigenvalue weighted by molar-refractivity contribution is -0.680. The Hall–Kier alpha value is -5.16. The number of rotatable bonds is 9. The van der Waals surface area contributed by atoms with E-state index in [1.165, 1.54) is 40.7 Å². The molecule has 0 radical (unpaired) electrons. The van der Waals surface area contributed by atoms with Crippen LogP contribution >= 0.6 is 0 Å². The van der Waals surface area contributed by atoms with Crippen molar-refractivity contribution in [3.05, 3.63) is 106 Å². The van der Waals surface area contributed by atoms with Gasteiger partial charge in [-0.1, -0.05) is 24.8 Å². The van der Waals surface area contributed by atoms with E-state index in [0.717, 1.165) is 19.2 Å². The Labute approximate surface area is 244 Å². The van der Waals surface area contributed by atoms with E-state index in [-0.39, 0.29) is 41.5 Å². The summed E-state index contributed by atoms with van der Waals surface area (Å²) in [5, 5.41) is 25.8. The van der Waals surface area contributed by atoms with Crippen LogP contribution in [0.25, 0.3) is 0 Å². The number of esters is 1. The first-order chi connectivity index (χ1) is 20.5. The maximum atomic E-state index is 13.6. The molecule has 0 saturated carbocycles. The number of aliphatic hydroxyl groups excluding tert-OH is 1. The summed E-state index contributed by atoms with van der Waals surface area (Å²) in [6.07, 6.45) is 3.52. The Bertz CT molecular complexity index is 1750. The van der Waals surface area contributed by atoms with Gasteiger partial charge in [-0.05, 0) is 36.8 Å². The summed E-state index contributed by atoms with van der Waals surface area (Å²) in [7, 11) is 2.93. The van der Waals surface area contributed by atoms with E-state index >= 15 is 0 Å². The predicted octanol–water partition coefficient (Wildman–Crippen LogP) is 3.50. The first-order valence-corrected chi connectivity index (χ1v) is 13.0. The number of halogens is 3. The van der Waals surface area contributed by atoms with Crippen LogP contribution in [0, 0.1) is 11.3 Å². The standard InChI is InChI=1S/C29H28F3N7O4/c1-5-19(16-33)9-10-20(11-12-37-14-13-36(3)23(37)17-40)25-24(26(41)43-4)18(2)38(27-34-35-28(42)39(25)27)22-8-6-7-21(15-22)29(30,31)32/h5-10,13-15,25,40H,1,11-12,17H2,2-4H3/p+1/b19-9+,20-10+/t25-/m1/s1. The molecule has 0 aliphatic carbocycles. The topological polar surface area (TPSA) is 133 Å². The number of imidazole rings is 1. The molecular formula is C29H29F3N7O4+. The second-order valence-corrected chi connectivity index (χ2v) is 9.58. The summed E-state index contributed by atoms with van der Waals surface area (Å²) < 4.78 is 50.6. The van der Waals surface area contributed by atoms with Gasteiger partial charge >= 0.3 is 17.8 Å². The van der Waals surface area contributed by atoms with E-state index < -0.39 is 29.4 Å². The van der Waals surface area contributed by atoms with Crippen LogP contribution in [0.3, 0.4) is 0 Å². The van der Waals surface area contributed by atoms with Crippen LogP contribution in [0.5, 0.6) is 0 Å². The molecule has 1 aromatic carbocycles. The molecule has 0 bridgehead atoms. The van der Waals surface area contributed by atoms with Gasteiger partial charge in [0.1, 0.15) is 19.0 Å². The molecule has 0 unspecified atom stereocenters. The van der Waals surface area contributed by atoms with Crippen molar-refractivity contribution in [3.63, 3.8) is 0 Å².